The van der Waals surface area contributed by atoms with Crippen molar-refractivity contribution in [3.63, 3.8) is 0 Å². The van der Waals surface area contributed by atoms with Gasteiger partial charge in [-0.1, -0.05) is 6.07 Å². The second-order valence-corrected chi connectivity index (χ2v) is 10.1. The van der Waals surface area contributed by atoms with E-state index in [1.807, 2.05) is 0 Å². The number of carboxylic acids is 2. The van der Waals surface area contributed by atoms with Crippen LogP contribution in [0.5, 0.6) is 0 Å². The Balaban J connectivity index is 0.000000360. The number of aromatic amines is 1. The molecule has 3 aromatic heterocycles. The average molecular weight is 675 g/mol. The van der Waals surface area contributed by atoms with Crippen LogP contribution in [0.2, 0.25) is 0 Å². The molecule has 1 fully saturated rings. The lowest BCUT2D eigenvalue weighted by atomic mass is 9.90. The van der Waals surface area contributed by atoms with Crippen LogP contribution in [0, 0.1) is 0 Å². The molecule has 47 heavy (non-hydrogen) atoms. The summed E-state index contributed by atoms with van der Waals surface area (Å²) >= 11 is 0. The Morgan fingerprint density at radius 2 is 1.70 bits per heavy atom. The molecular formula is C28H32F6N8O5. The van der Waals surface area contributed by atoms with Gasteiger partial charge in [0.15, 0.2) is 28.2 Å². The molecule has 0 bridgehead atoms. The molecule has 6 N–H and O–H groups in total. The molecule has 256 valence electrons. The Labute approximate surface area is 262 Å². The number of halogens is 6. The summed E-state index contributed by atoms with van der Waals surface area (Å²) in [6, 6.07) is 8.63. The number of carbonyl (C=O) groups excluding carboxylic acids is 2. The highest BCUT2D eigenvalue weighted by molar-refractivity contribution is 5.98. The lowest BCUT2D eigenvalue weighted by molar-refractivity contribution is -0.676. The third-order valence-electron chi connectivity index (χ3n) is 7.15. The number of rotatable bonds is 6. The number of piperidine rings is 1. The highest BCUT2D eigenvalue weighted by Gasteiger charge is 2.38. The van der Waals surface area contributed by atoms with Gasteiger partial charge < -0.3 is 36.4 Å². The summed E-state index contributed by atoms with van der Waals surface area (Å²) < 4.78 is 67.9. The number of nitrogens with one attached hydrogen (secondary N) is 3. The number of alkyl halides is 6. The third kappa shape index (κ3) is 9.08. The van der Waals surface area contributed by atoms with E-state index >= 15 is 0 Å². The number of hydrogen-bond acceptors (Lipinski definition) is 8. The van der Waals surface area contributed by atoms with Crippen LogP contribution in [-0.4, -0.2) is 67.9 Å². The summed E-state index contributed by atoms with van der Waals surface area (Å²) in [5.74, 6) is -4.32. The molecule has 0 radical (unpaired) electrons. The zero-order valence-electron chi connectivity index (χ0n) is 25.1. The van der Waals surface area contributed by atoms with Gasteiger partial charge in [0.25, 0.3) is 11.7 Å². The quantitative estimate of drug-likeness (QED) is 0.150. The van der Waals surface area contributed by atoms with Crippen LogP contribution in [0.25, 0.3) is 22.2 Å². The first-order valence-electron chi connectivity index (χ1n) is 14.2. The minimum atomic E-state index is -5.19. The van der Waals surface area contributed by atoms with Gasteiger partial charge >= 0.3 is 18.3 Å². The maximum Gasteiger partial charge on any atom is 0.490 e. The Morgan fingerprint density at radius 3 is 2.23 bits per heavy atom. The summed E-state index contributed by atoms with van der Waals surface area (Å²) in [5, 5.41) is 22.4. The number of hydrogen-bond donors (Lipinski definition) is 5. The number of H-pyrrole nitrogens is 1. The lowest BCUT2D eigenvalue weighted by Crippen LogP contribution is -2.40. The van der Waals surface area contributed by atoms with Crippen molar-refractivity contribution in [1.29, 1.82) is 0 Å². The smallest absolute Gasteiger partial charge is 0.490 e. The molecule has 13 nitrogen and oxygen atoms in total. The molecule has 5 rings (SSSR count). The number of carbonyl (C=O) groups is 3. The predicted molar refractivity (Wildman–Crippen MR) is 153 cm³/mol. The van der Waals surface area contributed by atoms with E-state index < -0.39 is 24.3 Å². The van der Waals surface area contributed by atoms with E-state index in [-0.39, 0.29) is 17.4 Å². The van der Waals surface area contributed by atoms with Crippen molar-refractivity contribution < 1.29 is 55.5 Å². The maximum atomic E-state index is 13.0. The number of anilines is 1. The zero-order valence-corrected chi connectivity index (χ0v) is 25.1. The molecule has 4 aromatic rings. The van der Waals surface area contributed by atoms with Crippen molar-refractivity contribution in [2.45, 2.75) is 64.6 Å². The van der Waals surface area contributed by atoms with Crippen LogP contribution in [0.15, 0.2) is 30.5 Å². The minimum Gasteiger partial charge on any atom is -0.542 e. The van der Waals surface area contributed by atoms with Gasteiger partial charge in [0.05, 0.1) is 13.1 Å². The first kappa shape index (κ1) is 36.5. The fourth-order valence-corrected chi connectivity index (χ4v) is 5.01. The van der Waals surface area contributed by atoms with Crippen LogP contribution < -0.4 is 26.0 Å². The molecule has 19 heteroatoms. The van der Waals surface area contributed by atoms with Gasteiger partial charge in [-0.3, -0.25) is 4.79 Å². The van der Waals surface area contributed by atoms with Gasteiger partial charge in [-0.15, -0.1) is 0 Å². The monoisotopic (exact) mass is 674 g/mol. The number of nitrogens with zero attached hydrogens (tertiary/aromatic N) is 4. The SMILES string of the molecule is CCn1c(CNC(=O)c2nc3cc[nH]c3nc2N)[n+](CC)c2ccc(C3CCNCC3)cc21.O=C(O)C(F)(F)F.O=C([O-])C(F)(F)F. The number of carboxylic acid groups (broad SMARTS) is 2. The van der Waals surface area contributed by atoms with Crippen LogP contribution in [0.1, 0.15) is 54.5 Å². The van der Waals surface area contributed by atoms with Gasteiger partial charge in [0, 0.05) is 6.20 Å². The molecule has 1 amide bonds. The van der Waals surface area contributed by atoms with Crippen molar-refractivity contribution in [3.05, 3.63) is 47.5 Å². The Bertz CT molecular complexity index is 1700. The lowest BCUT2D eigenvalue weighted by Gasteiger charge is -2.22. The molecule has 0 atom stereocenters. The summed E-state index contributed by atoms with van der Waals surface area (Å²) in [5.41, 5.74) is 11.2. The van der Waals surface area contributed by atoms with E-state index in [1.54, 1.807) is 12.3 Å². The van der Waals surface area contributed by atoms with Gasteiger partial charge in [-0.05, 0) is 69.5 Å². The molecule has 0 unspecified atom stereocenters. The Hall–Kier alpha value is -4.94. The minimum absolute atomic E-state index is 0.119. The number of aromatic nitrogens is 5. The summed E-state index contributed by atoms with van der Waals surface area (Å²) in [6.07, 6.45) is -6.21. The van der Waals surface area contributed by atoms with Crippen molar-refractivity contribution in [2.24, 2.45) is 0 Å². The molecule has 1 aromatic carbocycles. The van der Waals surface area contributed by atoms with E-state index in [4.69, 9.17) is 25.5 Å². The molecule has 0 saturated carbocycles. The second kappa shape index (κ2) is 15.1. The molecule has 0 spiro atoms. The number of nitrogens with two attached hydrogens (primary N) is 1. The van der Waals surface area contributed by atoms with E-state index in [0.29, 0.717) is 23.6 Å². The molecule has 1 aliphatic rings. The molecular weight excluding hydrogens is 642 g/mol. The first-order chi connectivity index (χ1) is 22.0. The third-order valence-corrected chi connectivity index (χ3v) is 7.15. The first-order valence-corrected chi connectivity index (χ1v) is 14.2. The van der Waals surface area contributed by atoms with Crippen LogP contribution in [0.3, 0.4) is 0 Å². The van der Waals surface area contributed by atoms with Crippen molar-refractivity contribution >= 4 is 45.9 Å². The van der Waals surface area contributed by atoms with Crippen LogP contribution in [-0.2, 0) is 29.2 Å². The van der Waals surface area contributed by atoms with Gasteiger partial charge in [0.1, 0.15) is 18.0 Å². The Kier molecular flexibility index (Phi) is 11.7. The molecule has 4 heterocycles. The molecule has 0 aliphatic carbocycles. The van der Waals surface area contributed by atoms with Crippen molar-refractivity contribution in [2.75, 3.05) is 18.8 Å². The number of amides is 1. The largest absolute Gasteiger partial charge is 0.542 e. The highest BCUT2D eigenvalue weighted by Crippen LogP contribution is 2.28. The molecule has 1 aliphatic heterocycles. The Morgan fingerprint density at radius 1 is 1.09 bits per heavy atom. The van der Waals surface area contributed by atoms with E-state index in [1.165, 1.54) is 29.4 Å². The van der Waals surface area contributed by atoms with Crippen LogP contribution in [0.4, 0.5) is 32.2 Å². The molecule has 1 saturated heterocycles. The van der Waals surface area contributed by atoms with E-state index in [9.17, 15) is 31.1 Å². The summed E-state index contributed by atoms with van der Waals surface area (Å²) in [6.45, 7) is 8.44. The number of nitrogen functional groups attached to an aromatic ring is 1. The van der Waals surface area contributed by atoms with Gasteiger partial charge in [0.2, 0.25) is 0 Å². The number of aryl methyl sites for hydroxylation is 2. The van der Waals surface area contributed by atoms with E-state index in [2.05, 4.69) is 66.8 Å². The van der Waals surface area contributed by atoms with Gasteiger partial charge in [-0.2, -0.15) is 26.3 Å². The number of imidazole rings is 1. The number of fused-ring (bicyclic) bond motifs is 2. The summed E-state index contributed by atoms with van der Waals surface area (Å²) in [4.78, 5) is 42.2. The average Bonchev–Trinajstić information content (AvgIpc) is 3.59. The van der Waals surface area contributed by atoms with E-state index in [0.717, 1.165) is 32.0 Å². The second-order valence-electron chi connectivity index (χ2n) is 10.1. The maximum absolute atomic E-state index is 13.0. The summed E-state index contributed by atoms with van der Waals surface area (Å²) in [7, 11) is 0. The predicted octanol–water partition coefficient (Wildman–Crippen LogP) is 2.15. The topological polar surface area (TPSA) is 195 Å². The van der Waals surface area contributed by atoms with Crippen molar-refractivity contribution in [1.82, 2.24) is 30.2 Å². The highest BCUT2D eigenvalue weighted by atomic mass is 19.4. The van der Waals surface area contributed by atoms with Crippen molar-refractivity contribution in [3.8, 4) is 0 Å². The fourth-order valence-electron chi connectivity index (χ4n) is 5.01. The normalized spacial score (nSPS) is 13.8. The van der Waals surface area contributed by atoms with Crippen LogP contribution >= 0.6 is 0 Å². The zero-order chi connectivity index (χ0) is 35.1. The number of aliphatic carboxylic acids is 2. The number of benzene rings is 1. The van der Waals surface area contributed by atoms with Gasteiger partial charge in [-0.25, -0.2) is 23.9 Å². The fraction of sp³-hybridized carbons (Fsp3) is 0.429. The standard InChI is InChI=1S/C24H30N8O.2C2HF3O2/c1-3-31-18-6-5-16(15-7-10-26-11-8-15)13-19(18)32(4-2)20(31)14-28-24(33)21-22(25)30-23-17(29-21)9-12-27-23;2*3-2(4,5)1(6)7/h5-6,9,12-13,15,26H,3-4,7-8,10-11,14H2,1-2H3,(H3-,25,27,28,29,30,33);2*(H,6,7).